The summed E-state index contributed by atoms with van der Waals surface area (Å²) in [5.41, 5.74) is 18.7. The van der Waals surface area contributed by atoms with Gasteiger partial charge in [-0.1, -0.05) is 224 Å². The van der Waals surface area contributed by atoms with Crippen molar-refractivity contribution in [2.45, 2.75) is 0 Å². The van der Waals surface area contributed by atoms with Gasteiger partial charge in [-0.15, -0.1) is 0 Å². The van der Waals surface area contributed by atoms with Gasteiger partial charge < -0.3 is 9.47 Å². The normalized spacial score (nSPS) is 11.4. The number of aromatic nitrogens is 1. The second-order valence-electron chi connectivity index (χ2n) is 18.0. The van der Waals surface area contributed by atoms with Crippen molar-refractivity contribution in [3.8, 4) is 61.3 Å². The molecule has 0 amide bonds. The Morgan fingerprint density at radius 1 is 0.257 bits per heavy atom. The first-order valence-corrected chi connectivity index (χ1v) is 24.1. The number of fused-ring (bicyclic) bond motifs is 5. The molecule has 0 fully saturated rings. The topological polar surface area (TPSA) is 8.17 Å². The van der Waals surface area contributed by atoms with Gasteiger partial charge in [0.25, 0.3) is 0 Å². The van der Waals surface area contributed by atoms with E-state index < -0.39 is 0 Å². The van der Waals surface area contributed by atoms with Gasteiger partial charge in [0.2, 0.25) is 0 Å². The van der Waals surface area contributed by atoms with Crippen LogP contribution in [0.25, 0.3) is 105 Å². The molecule has 0 spiro atoms. The first-order valence-electron chi connectivity index (χ1n) is 24.1. The van der Waals surface area contributed by atoms with Crippen LogP contribution in [-0.2, 0) is 0 Å². The lowest BCUT2D eigenvalue weighted by molar-refractivity contribution is 1.18. The van der Waals surface area contributed by atoms with Crippen LogP contribution in [0.5, 0.6) is 0 Å². The minimum absolute atomic E-state index is 1.08. The van der Waals surface area contributed by atoms with Crippen LogP contribution in [0.15, 0.2) is 279 Å². The highest BCUT2D eigenvalue weighted by Gasteiger charge is 2.21. The molecule has 0 unspecified atom stereocenters. The van der Waals surface area contributed by atoms with Crippen molar-refractivity contribution >= 4 is 60.4 Å². The highest BCUT2D eigenvalue weighted by atomic mass is 15.1. The molecule has 0 saturated carbocycles. The predicted molar refractivity (Wildman–Crippen MR) is 298 cm³/mol. The summed E-state index contributed by atoms with van der Waals surface area (Å²) in [6, 6.07) is 102. The summed E-state index contributed by atoms with van der Waals surface area (Å²) in [4.78, 5) is 2.39. The molecule has 0 bridgehead atoms. The molecule has 0 saturated heterocycles. The Morgan fingerprint density at radius 2 is 0.686 bits per heavy atom. The van der Waals surface area contributed by atoms with E-state index in [0.717, 1.165) is 28.3 Å². The minimum atomic E-state index is 1.08. The number of hydrogen-bond acceptors (Lipinski definition) is 1. The zero-order chi connectivity index (χ0) is 46.4. The van der Waals surface area contributed by atoms with Crippen LogP contribution in [0.3, 0.4) is 0 Å². The zero-order valence-corrected chi connectivity index (χ0v) is 38.5. The standard InChI is InChI=1S/C68H46N2/c1-3-16-51(17-4-1)64-31-14-32-65-67-63(30-15-33-66(67)70(68(64)65)55-23-5-2-6-24-55)54-22-11-25-58(46-54)69(57-44-40-53(41-45-57)62-29-13-21-50-19-8-10-27-60(50)62)56-42-38-48(39-43-56)47-34-36-52(37-35-47)61-28-12-20-49-18-7-9-26-59(49)61/h1-46H. The Bertz CT molecular complexity index is 4010. The molecule has 2 nitrogen and oxygen atoms in total. The van der Waals surface area contributed by atoms with Crippen molar-refractivity contribution in [3.05, 3.63) is 279 Å². The van der Waals surface area contributed by atoms with Gasteiger partial charge in [0.1, 0.15) is 0 Å². The van der Waals surface area contributed by atoms with Crippen LogP contribution in [0.2, 0.25) is 0 Å². The smallest absolute Gasteiger partial charge is 0.0619 e. The van der Waals surface area contributed by atoms with E-state index in [2.05, 4.69) is 289 Å². The molecule has 0 N–H and O–H groups in total. The van der Waals surface area contributed by atoms with Crippen molar-refractivity contribution in [1.82, 2.24) is 4.57 Å². The number of para-hydroxylation sites is 2. The average molecular weight is 891 g/mol. The first-order chi connectivity index (χ1) is 34.7. The van der Waals surface area contributed by atoms with Gasteiger partial charge in [-0.25, -0.2) is 0 Å². The highest BCUT2D eigenvalue weighted by Crippen LogP contribution is 2.45. The van der Waals surface area contributed by atoms with Gasteiger partial charge in [0, 0.05) is 39.1 Å². The Morgan fingerprint density at radius 3 is 1.33 bits per heavy atom. The second kappa shape index (κ2) is 17.4. The summed E-state index contributed by atoms with van der Waals surface area (Å²) in [5, 5.41) is 7.47. The third-order valence-electron chi connectivity index (χ3n) is 14.0. The summed E-state index contributed by atoms with van der Waals surface area (Å²) in [6.07, 6.45) is 0. The van der Waals surface area contributed by atoms with E-state index in [1.807, 2.05) is 0 Å². The summed E-state index contributed by atoms with van der Waals surface area (Å²) < 4.78 is 2.45. The lowest BCUT2D eigenvalue weighted by atomic mass is 9.96. The Kier molecular flexibility index (Phi) is 10.2. The highest BCUT2D eigenvalue weighted by molar-refractivity contribution is 6.19. The SMILES string of the molecule is c1ccc(-c2cccc3c4c(-c5cccc(N(c6ccc(-c7ccc(-c8cccc9ccccc89)cc7)cc6)c6ccc(-c7cccc8ccccc78)cc6)c5)cccc4n(-c4ccccc4)c23)cc1. The van der Waals surface area contributed by atoms with Crippen LogP contribution in [-0.4, -0.2) is 4.57 Å². The zero-order valence-electron chi connectivity index (χ0n) is 38.5. The van der Waals surface area contributed by atoms with E-state index >= 15 is 0 Å². The fourth-order valence-electron chi connectivity index (χ4n) is 10.7. The molecule has 13 aromatic rings. The van der Waals surface area contributed by atoms with Crippen molar-refractivity contribution in [2.24, 2.45) is 0 Å². The number of anilines is 3. The second-order valence-corrected chi connectivity index (χ2v) is 18.0. The number of hydrogen-bond donors (Lipinski definition) is 0. The monoisotopic (exact) mass is 890 g/mol. The van der Waals surface area contributed by atoms with Crippen LogP contribution in [0, 0.1) is 0 Å². The van der Waals surface area contributed by atoms with E-state index in [9.17, 15) is 0 Å². The van der Waals surface area contributed by atoms with Gasteiger partial charge >= 0.3 is 0 Å². The largest absolute Gasteiger partial charge is 0.310 e. The van der Waals surface area contributed by atoms with E-state index in [0.29, 0.717) is 0 Å². The molecule has 328 valence electrons. The van der Waals surface area contributed by atoms with Crippen molar-refractivity contribution in [2.75, 3.05) is 4.90 Å². The number of rotatable bonds is 9. The van der Waals surface area contributed by atoms with Gasteiger partial charge in [0.15, 0.2) is 0 Å². The number of benzene rings is 12. The lowest BCUT2D eigenvalue weighted by Crippen LogP contribution is -2.10. The summed E-state index contributed by atoms with van der Waals surface area (Å²) in [7, 11) is 0. The number of nitrogens with zero attached hydrogens (tertiary/aromatic N) is 2. The van der Waals surface area contributed by atoms with Gasteiger partial charge in [-0.3, -0.25) is 0 Å². The maximum Gasteiger partial charge on any atom is 0.0619 e. The van der Waals surface area contributed by atoms with Crippen LogP contribution >= 0.6 is 0 Å². The van der Waals surface area contributed by atoms with Gasteiger partial charge in [0.05, 0.1) is 11.0 Å². The first kappa shape index (κ1) is 41.0. The van der Waals surface area contributed by atoms with Crippen LogP contribution in [0.1, 0.15) is 0 Å². The van der Waals surface area contributed by atoms with Crippen molar-refractivity contribution < 1.29 is 0 Å². The van der Waals surface area contributed by atoms with Crippen LogP contribution < -0.4 is 4.90 Å². The van der Waals surface area contributed by atoms with E-state index in [1.165, 1.54) is 93.4 Å². The molecular formula is C68H46N2. The predicted octanol–water partition coefficient (Wildman–Crippen LogP) is 18.9. The Labute approximate surface area is 408 Å². The molecule has 1 aromatic heterocycles. The molecule has 13 rings (SSSR count). The van der Waals surface area contributed by atoms with Gasteiger partial charge in [-0.05, 0) is 126 Å². The molecule has 0 aliphatic rings. The molecule has 0 aliphatic heterocycles. The maximum atomic E-state index is 2.45. The molecule has 0 aliphatic carbocycles. The molecule has 70 heavy (non-hydrogen) atoms. The minimum Gasteiger partial charge on any atom is -0.310 e. The Balaban J connectivity index is 0.933. The molecule has 0 atom stereocenters. The van der Waals surface area contributed by atoms with E-state index in [4.69, 9.17) is 0 Å². The fraction of sp³-hybridized carbons (Fsp3) is 0. The van der Waals surface area contributed by atoms with E-state index in [-0.39, 0.29) is 0 Å². The van der Waals surface area contributed by atoms with Crippen molar-refractivity contribution in [3.63, 3.8) is 0 Å². The van der Waals surface area contributed by atoms with Gasteiger partial charge in [-0.2, -0.15) is 0 Å². The third kappa shape index (κ3) is 7.22. The molecule has 12 aromatic carbocycles. The molecule has 2 heteroatoms. The molecular weight excluding hydrogens is 845 g/mol. The lowest BCUT2D eigenvalue weighted by Gasteiger charge is -2.26. The maximum absolute atomic E-state index is 2.45. The summed E-state index contributed by atoms with van der Waals surface area (Å²) in [6.45, 7) is 0. The average Bonchev–Trinajstić information content (AvgIpc) is 3.79. The summed E-state index contributed by atoms with van der Waals surface area (Å²) >= 11 is 0. The fourth-order valence-corrected chi connectivity index (χ4v) is 10.7. The van der Waals surface area contributed by atoms with Crippen molar-refractivity contribution in [1.29, 1.82) is 0 Å². The molecule has 1 heterocycles. The van der Waals surface area contributed by atoms with Crippen LogP contribution in [0.4, 0.5) is 17.1 Å². The Hall–Kier alpha value is -9.24. The van der Waals surface area contributed by atoms with E-state index in [1.54, 1.807) is 0 Å². The quantitative estimate of drug-likeness (QED) is 0.140. The molecule has 0 radical (unpaired) electrons. The summed E-state index contributed by atoms with van der Waals surface area (Å²) in [5.74, 6) is 0. The third-order valence-corrected chi connectivity index (χ3v) is 14.0.